The fourth-order valence-corrected chi connectivity index (χ4v) is 5.24. The van der Waals surface area contributed by atoms with Crippen LogP contribution in [0.2, 0.25) is 0 Å². The molecule has 2 heterocycles. The number of aromatic nitrogens is 2. The van der Waals surface area contributed by atoms with Crippen molar-refractivity contribution >= 4 is 10.9 Å². The molecule has 6 rings (SSSR count). The van der Waals surface area contributed by atoms with Crippen molar-refractivity contribution in [3.63, 3.8) is 0 Å². The average molecular weight is 431 g/mol. The van der Waals surface area contributed by atoms with Gasteiger partial charge in [0.05, 0.1) is 24.1 Å². The number of hydrogen-bond acceptors (Lipinski definition) is 3. The second-order valence-corrected chi connectivity index (χ2v) is 8.34. The summed E-state index contributed by atoms with van der Waals surface area (Å²) in [6.45, 7) is 0. The lowest BCUT2D eigenvalue weighted by Gasteiger charge is -2.52. The van der Waals surface area contributed by atoms with Gasteiger partial charge in [-0.2, -0.15) is 0 Å². The van der Waals surface area contributed by atoms with Crippen molar-refractivity contribution in [3.8, 4) is 5.75 Å². The number of fused-ring (bicyclic) bond motifs is 2. The summed E-state index contributed by atoms with van der Waals surface area (Å²) in [7, 11) is 1.66. The summed E-state index contributed by atoms with van der Waals surface area (Å²) in [4.78, 5) is 18.8. The quantitative estimate of drug-likeness (QED) is 0.386. The Morgan fingerprint density at radius 2 is 1.33 bits per heavy atom. The molecule has 160 valence electrons. The van der Waals surface area contributed by atoms with E-state index in [2.05, 4.69) is 36.4 Å². The van der Waals surface area contributed by atoms with E-state index in [1.165, 1.54) is 0 Å². The molecule has 0 amide bonds. The summed E-state index contributed by atoms with van der Waals surface area (Å²) in [6.07, 6.45) is 0. The molecule has 1 aromatic heterocycles. The van der Waals surface area contributed by atoms with Crippen LogP contribution in [0, 0.1) is 0 Å². The minimum atomic E-state index is -0.597. The molecule has 4 heteroatoms. The minimum Gasteiger partial charge on any atom is -0.497 e. The van der Waals surface area contributed by atoms with Gasteiger partial charge in [0.15, 0.2) is 0 Å². The van der Waals surface area contributed by atoms with Crippen molar-refractivity contribution in [2.75, 3.05) is 7.11 Å². The Hall–Kier alpha value is -4.18. The molecule has 4 aromatic carbocycles. The Morgan fingerprint density at radius 3 is 1.94 bits per heavy atom. The van der Waals surface area contributed by atoms with Gasteiger partial charge in [-0.1, -0.05) is 84.9 Å². The van der Waals surface area contributed by atoms with Gasteiger partial charge in [0.25, 0.3) is 5.56 Å². The molecule has 0 aliphatic carbocycles. The zero-order valence-corrected chi connectivity index (χ0v) is 18.2. The maximum Gasteiger partial charge on any atom is 0.262 e. The first-order valence-electron chi connectivity index (χ1n) is 11.0. The lowest BCUT2D eigenvalue weighted by Crippen LogP contribution is -2.57. The smallest absolute Gasteiger partial charge is 0.262 e. The minimum absolute atomic E-state index is 0.0149. The maximum atomic E-state index is 13.8. The topological polar surface area (TPSA) is 44.1 Å². The van der Waals surface area contributed by atoms with Crippen LogP contribution in [0.15, 0.2) is 114 Å². The number of rotatable bonds is 4. The predicted octanol–water partition coefficient (Wildman–Crippen LogP) is 5.34. The van der Waals surface area contributed by atoms with Crippen LogP contribution in [-0.2, 0) is 5.41 Å². The molecular formula is C29H22N2O2. The van der Waals surface area contributed by atoms with Crippen LogP contribution in [0.4, 0.5) is 0 Å². The van der Waals surface area contributed by atoms with Gasteiger partial charge < -0.3 is 4.74 Å². The normalized spacial score (nSPS) is 16.1. The highest BCUT2D eigenvalue weighted by atomic mass is 16.5. The van der Waals surface area contributed by atoms with E-state index >= 15 is 0 Å². The Balaban J connectivity index is 1.74. The van der Waals surface area contributed by atoms with Crippen molar-refractivity contribution in [2.24, 2.45) is 0 Å². The molecule has 33 heavy (non-hydrogen) atoms. The predicted molar refractivity (Wildman–Crippen MR) is 130 cm³/mol. The number of benzene rings is 4. The van der Waals surface area contributed by atoms with Gasteiger partial charge in [0.2, 0.25) is 0 Å². The van der Waals surface area contributed by atoms with Gasteiger partial charge in [0.1, 0.15) is 17.0 Å². The highest BCUT2D eigenvalue weighted by Gasteiger charge is 2.57. The molecule has 0 bridgehead atoms. The molecule has 4 nitrogen and oxygen atoms in total. The Kier molecular flexibility index (Phi) is 4.40. The number of para-hydroxylation sites is 1. The van der Waals surface area contributed by atoms with E-state index in [-0.39, 0.29) is 11.6 Å². The van der Waals surface area contributed by atoms with Gasteiger partial charge in [-0.15, -0.1) is 0 Å². The van der Waals surface area contributed by atoms with Crippen molar-refractivity contribution in [1.82, 2.24) is 9.55 Å². The Morgan fingerprint density at radius 1 is 0.758 bits per heavy atom. The molecule has 0 saturated carbocycles. The molecule has 0 radical (unpaired) electrons. The molecule has 1 atom stereocenters. The highest BCUT2D eigenvalue weighted by Crippen LogP contribution is 2.56. The molecular weight excluding hydrogens is 408 g/mol. The van der Waals surface area contributed by atoms with Crippen LogP contribution in [0.25, 0.3) is 10.9 Å². The van der Waals surface area contributed by atoms with E-state index < -0.39 is 5.41 Å². The van der Waals surface area contributed by atoms with E-state index in [0.717, 1.165) is 33.8 Å². The average Bonchev–Trinajstić information content (AvgIpc) is 2.88. The first kappa shape index (κ1) is 19.5. The summed E-state index contributed by atoms with van der Waals surface area (Å²) in [5.41, 5.74) is 3.37. The summed E-state index contributed by atoms with van der Waals surface area (Å²) in [5, 5.41) is 0.634. The molecule has 1 aliphatic heterocycles. The fourth-order valence-electron chi connectivity index (χ4n) is 5.24. The number of nitrogens with zero attached hydrogens (tertiary/aromatic N) is 2. The van der Waals surface area contributed by atoms with Gasteiger partial charge >= 0.3 is 0 Å². The first-order valence-corrected chi connectivity index (χ1v) is 11.0. The zero-order valence-electron chi connectivity index (χ0n) is 18.2. The van der Waals surface area contributed by atoms with E-state index in [9.17, 15) is 4.79 Å². The largest absolute Gasteiger partial charge is 0.497 e. The number of hydrogen-bond donors (Lipinski definition) is 0. The van der Waals surface area contributed by atoms with E-state index in [0.29, 0.717) is 5.39 Å². The molecule has 1 aliphatic rings. The van der Waals surface area contributed by atoms with E-state index in [1.54, 1.807) is 7.11 Å². The van der Waals surface area contributed by atoms with Gasteiger partial charge in [0, 0.05) is 0 Å². The second-order valence-electron chi connectivity index (χ2n) is 8.34. The third-order valence-corrected chi connectivity index (χ3v) is 6.72. The second kappa shape index (κ2) is 7.45. The molecule has 1 unspecified atom stereocenters. The lowest BCUT2D eigenvalue weighted by atomic mass is 9.61. The van der Waals surface area contributed by atoms with Gasteiger partial charge in [-0.3, -0.25) is 9.36 Å². The SMILES string of the molecule is COc1ccc(C2n3c(nc4ccccc4c3=O)C2(c2ccccc2)c2ccccc2)cc1. The summed E-state index contributed by atoms with van der Waals surface area (Å²) < 4.78 is 7.26. The van der Waals surface area contributed by atoms with Crippen LogP contribution in [-0.4, -0.2) is 16.7 Å². The molecule has 0 saturated heterocycles. The highest BCUT2D eigenvalue weighted by molar-refractivity contribution is 5.79. The molecule has 5 aromatic rings. The standard InChI is InChI=1S/C29H22N2O2/c1-33-23-18-16-20(17-19-23)26-29(21-10-4-2-5-11-21,22-12-6-3-7-13-22)28-30-25-15-9-8-14-24(25)27(32)31(26)28/h2-19,26H,1H3. The van der Waals surface area contributed by atoms with Gasteiger partial charge in [-0.25, -0.2) is 4.98 Å². The Labute approximate surface area is 191 Å². The zero-order chi connectivity index (χ0) is 22.4. The Bertz CT molecular complexity index is 1470. The summed E-state index contributed by atoms with van der Waals surface area (Å²) >= 11 is 0. The van der Waals surface area contributed by atoms with Crippen molar-refractivity contribution in [3.05, 3.63) is 142 Å². The number of ether oxygens (including phenoxy) is 1. The summed E-state index contributed by atoms with van der Waals surface area (Å²) in [5.74, 6) is 1.55. The third-order valence-electron chi connectivity index (χ3n) is 6.72. The molecule has 0 spiro atoms. The van der Waals surface area contributed by atoms with Crippen molar-refractivity contribution in [2.45, 2.75) is 11.5 Å². The van der Waals surface area contributed by atoms with Gasteiger partial charge in [-0.05, 0) is 41.0 Å². The van der Waals surface area contributed by atoms with Crippen LogP contribution in [0.5, 0.6) is 5.75 Å². The van der Waals surface area contributed by atoms with Crippen LogP contribution < -0.4 is 10.3 Å². The maximum absolute atomic E-state index is 13.8. The van der Waals surface area contributed by atoms with E-state index in [4.69, 9.17) is 9.72 Å². The van der Waals surface area contributed by atoms with Crippen LogP contribution >= 0.6 is 0 Å². The van der Waals surface area contributed by atoms with Crippen LogP contribution in [0.1, 0.15) is 28.6 Å². The molecule has 0 N–H and O–H groups in total. The monoisotopic (exact) mass is 430 g/mol. The van der Waals surface area contributed by atoms with Crippen LogP contribution in [0.3, 0.4) is 0 Å². The number of methoxy groups -OCH3 is 1. The fraction of sp³-hybridized carbons (Fsp3) is 0.103. The third kappa shape index (κ3) is 2.70. The van der Waals surface area contributed by atoms with Crippen molar-refractivity contribution < 1.29 is 4.74 Å². The molecule has 0 fully saturated rings. The van der Waals surface area contributed by atoms with Crippen molar-refractivity contribution in [1.29, 1.82) is 0 Å². The summed E-state index contributed by atoms with van der Waals surface area (Å²) in [6, 6.07) is 36.1. The lowest BCUT2D eigenvalue weighted by molar-refractivity contribution is 0.277. The first-order chi connectivity index (χ1) is 16.2. The van der Waals surface area contributed by atoms with E-state index in [1.807, 2.05) is 77.4 Å².